The van der Waals surface area contributed by atoms with E-state index in [1.54, 1.807) is 4.68 Å². The molecule has 1 aromatic rings. The van der Waals surface area contributed by atoms with Gasteiger partial charge in [0, 0.05) is 19.2 Å². The molecule has 2 heterocycles. The highest BCUT2D eigenvalue weighted by Crippen LogP contribution is 2.14. The number of aromatic nitrogens is 3. The van der Waals surface area contributed by atoms with E-state index in [1.807, 2.05) is 6.21 Å². The second-order valence-corrected chi connectivity index (χ2v) is 2.72. The third-order valence-electron chi connectivity index (χ3n) is 1.63. The highest BCUT2D eigenvalue weighted by Gasteiger charge is 2.10. The van der Waals surface area contributed by atoms with Gasteiger partial charge in [0.1, 0.15) is 0 Å². The molecule has 58 valence electrons. The first-order valence-corrected chi connectivity index (χ1v) is 3.82. The smallest absolute Gasteiger partial charge is 0.176 e. The second kappa shape index (κ2) is 2.62. The van der Waals surface area contributed by atoms with Crippen LogP contribution in [0, 0.1) is 0 Å². The van der Waals surface area contributed by atoms with Gasteiger partial charge in [-0.15, -0.1) is 5.10 Å². The van der Waals surface area contributed by atoms with Gasteiger partial charge in [-0.3, -0.25) is 4.99 Å². The van der Waals surface area contributed by atoms with Crippen molar-refractivity contribution in [1.29, 1.82) is 0 Å². The molecule has 0 saturated heterocycles. The van der Waals surface area contributed by atoms with Gasteiger partial charge in [-0.05, 0) is 0 Å². The van der Waals surface area contributed by atoms with E-state index in [-0.39, 0.29) is 0 Å². The Hall–Kier alpha value is -0.900. The predicted molar refractivity (Wildman–Crippen MR) is 41.8 cm³/mol. The van der Waals surface area contributed by atoms with Crippen molar-refractivity contribution in [1.82, 2.24) is 15.0 Å². The Morgan fingerprint density at radius 3 is 3.36 bits per heavy atom. The van der Waals surface area contributed by atoms with Gasteiger partial charge in [-0.2, -0.15) is 0 Å². The van der Waals surface area contributed by atoms with E-state index < -0.39 is 0 Å². The number of hydrogen-bond donors (Lipinski definition) is 0. The third kappa shape index (κ3) is 1.14. The average molecular weight is 171 g/mol. The zero-order valence-electron chi connectivity index (χ0n) is 5.87. The quantitative estimate of drug-likeness (QED) is 0.581. The number of rotatable bonds is 0. The maximum Gasteiger partial charge on any atom is 0.176 e. The van der Waals surface area contributed by atoms with Gasteiger partial charge in [-0.25, -0.2) is 4.68 Å². The Morgan fingerprint density at radius 1 is 1.55 bits per heavy atom. The molecule has 0 atom stereocenters. The standard InChI is InChI=1S/C6H7ClN4/c7-6-5-4-8-2-1-3-11(5)10-9-6/h2H,1,3-4H2. The minimum absolute atomic E-state index is 0.476. The molecule has 0 fully saturated rings. The minimum atomic E-state index is 0.476. The van der Waals surface area contributed by atoms with Gasteiger partial charge in [-0.1, -0.05) is 16.8 Å². The zero-order valence-corrected chi connectivity index (χ0v) is 6.62. The summed E-state index contributed by atoms with van der Waals surface area (Å²) in [5, 5.41) is 8.09. The van der Waals surface area contributed by atoms with E-state index >= 15 is 0 Å². The lowest BCUT2D eigenvalue weighted by Gasteiger charge is -1.96. The summed E-state index contributed by atoms with van der Waals surface area (Å²) >= 11 is 5.76. The van der Waals surface area contributed by atoms with Crippen LogP contribution in [-0.4, -0.2) is 21.2 Å². The molecule has 0 bridgehead atoms. The van der Waals surface area contributed by atoms with Gasteiger partial charge in [0.15, 0.2) is 5.15 Å². The second-order valence-electron chi connectivity index (χ2n) is 2.36. The van der Waals surface area contributed by atoms with Crippen LogP contribution < -0.4 is 0 Å². The molecule has 0 spiro atoms. The SMILES string of the molecule is Clc1nnn2c1CN=CCC2. The van der Waals surface area contributed by atoms with Crippen LogP contribution in [-0.2, 0) is 13.1 Å². The topological polar surface area (TPSA) is 43.1 Å². The molecule has 2 rings (SSSR count). The van der Waals surface area contributed by atoms with Crippen molar-refractivity contribution in [2.24, 2.45) is 4.99 Å². The van der Waals surface area contributed by atoms with Gasteiger partial charge in [0.25, 0.3) is 0 Å². The van der Waals surface area contributed by atoms with Gasteiger partial charge in [0.05, 0.1) is 12.2 Å². The van der Waals surface area contributed by atoms with Crippen LogP contribution in [0.4, 0.5) is 0 Å². The van der Waals surface area contributed by atoms with Crippen LogP contribution in [0.5, 0.6) is 0 Å². The molecule has 0 amide bonds. The molecule has 0 unspecified atom stereocenters. The number of halogens is 1. The molecule has 0 aromatic carbocycles. The van der Waals surface area contributed by atoms with Crippen LogP contribution in [0.1, 0.15) is 12.1 Å². The summed E-state index contributed by atoms with van der Waals surface area (Å²) in [4.78, 5) is 4.13. The molecule has 0 saturated carbocycles. The van der Waals surface area contributed by atoms with E-state index in [0.717, 1.165) is 18.7 Å². The first kappa shape index (κ1) is 6.79. The fraction of sp³-hybridized carbons (Fsp3) is 0.500. The number of nitrogens with zero attached hydrogens (tertiary/aromatic N) is 4. The van der Waals surface area contributed by atoms with Crippen molar-refractivity contribution in [3.8, 4) is 0 Å². The predicted octanol–water partition coefficient (Wildman–Crippen LogP) is 0.906. The molecule has 0 N–H and O–H groups in total. The van der Waals surface area contributed by atoms with Crippen LogP contribution >= 0.6 is 11.6 Å². The fourth-order valence-electron chi connectivity index (χ4n) is 1.06. The maximum atomic E-state index is 5.76. The first-order chi connectivity index (χ1) is 5.38. The lowest BCUT2D eigenvalue weighted by atomic mass is 10.4. The summed E-state index contributed by atoms with van der Waals surface area (Å²) in [6.07, 6.45) is 2.80. The van der Waals surface area contributed by atoms with Crippen LogP contribution in [0.2, 0.25) is 5.15 Å². The molecule has 0 aliphatic carbocycles. The average Bonchev–Trinajstić information content (AvgIpc) is 2.25. The molecular formula is C6H7ClN4. The third-order valence-corrected chi connectivity index (χ3v) is 1.92. The molecule has 5 heteroatoms. The normalized spacial score (nSPS) is 16.1. The molecule has 4 nitrogen and oxygen atoms in total. The van der Waals surface area contributed by atoms with E-state index in [4.69, 9.17) is 11.6 Å². The van der Waals surface area contributed by atoms with Crippen molar-refractivity contribution in [3.63, 3.8) is 0 Å². The Balaban J connectivity index is 2.43. The van der Waals surface area contributed by atoms with Gasteiger partial charge in [0.2, 0.25) is 0 Å². The Bertz CT molecular complexity index is 291. The summed E-state index contributed by atoms with van der Waals surface area (Å²) in [7, 11) is 0. The Morgan fingerprint density at radius 2 is 2.45 bits per heavy atom. The molecule has 1 aliphatic rings. The van der Waals surface area contributed by atoms with Crippen molar-refractivity contribution >= 4 is 17.8 Å². The summed E-state index contributed by atoms with van der Waals surface area (Å²) in [5.74, 6) is 0. The summed E-state index contributed by atoms with van der Waals surface area (Å²) in [6, 6.07) is 0. The lowest BCUT2D eigenvalue weighted by molar-refractivity contribution is 0.591. The number of hydrogen-bond acceptors (Lipinski definition) is 3. The molecule has 1 aromatic heterocycles. The molecule has 1 aliphatic heterocycles. The van der Waals surface area contributed by atoms with Crippen LogP contribution in [0.15, 0.2) is 4.99 Å². The summed E-state index contributed by atoms with van der Waals surface area (Å²) in [5.41, 5.74) is 0.917. The number of aryl methyl sites for hydroxylation is 1. The van der Waals surface area contributed by atoms with E-state index in [1.165, 1.54) is 0 Å². The highest BCUT2D eigenvalue weighted by molar-refractivity contribution is 6.30. The van der Waals surface area contributed by atoms with Crippen LogP contribution in [0.25, 0.3) is 0 Å². The van der Waals surface area contributed by atoms with Crippen molar-refractivity contribution in [2.75, 3.05) is 0 Å². The number of fused-ring (bicyclic) bond motifs is 1. The fourth-order valence-corrected chi connectivity index (χ4v) is 1.25. The van der Waals surface area contributed by atoms with Gasteiger partial charge >= 0.3 is 0 Å². The zero-order chi connectivity index (χ0) is 7.68. The Labute approximate surface area is 68.9 Å². The van der Waals surface area contributed by atoms with Crippen molar-refractivity contribution in [3.05, 3.63) is 10.8 Å². The highest BCUT2D eigenvalue weighted by atomic mass is 35.5. The Kier molecular flexibility index (Phi) is 1.62. The molecule has 11 heavy (non-hydrogen) atoms. The summed E-state index contributed by atoms with van der Waals surface area (Å²) < 4.78 is 1.80. The summed E-state index contributed by atoms with van der Waals surface area (Å²) in [6.45, 7) is 1.43. The van der Waals surface area contributed by atoms with E-state index in [0.29, 0.717) is 11.7 Å². The van der Waals surface area contributed by atoms with Gasteiger partial charge < -0.3 is 0 Å². The monoisotopic (exact) mass is 170 g/mol. The van der Waals surface area contributed by atoms with Crippen molar-refractivity contribution < 1.29 is 0 Å². The first-order valence-electron chi connectivity index (χ1n) is 3.44. The lowest BCUT2D eigenvalue weighted by Crippen LogP contribution is -2.02. The largest absolute Gasteiger partial charge is 0.291 e. The number of aliphatic imine (C=N–C) groups is 1. The maximum absolute atomic E-state index is 5.76. The minimum Gasteiger partial charge on any atom is -0.291 e. The van der Waals surface area contributed by atoms with Crippen LogP contribution in [0.3, 0.4) is 0 Å². The van der Waals surface area contributed by atoms with E-state index in [9.17, 15) is 0 Å². The van der Waals surface area contributed by atoms with Crippen molar-refractivity contribution in [2.45, 2.75) is 19.5 Å². The van der Waals surface area contributed by atoms with E-state index in [2.05, 4.69) is 15.3 Å². The molecular weight excluding hydrogens is 164 g/mol. The molecule has 0 radical (unpaired) electrons.